The van der Waals surface area contributed by atoms with Crippen LogP contribution in [0.2, 0.25) is 0 Å². The Morgan fingerprint density at radius 3 is 2.70 bits per heavy atom. The van der Waals surface area contributed by atoms with Gasteiger partial charge in [-0.2, -0.15) is 0 Å². The number of hydrogen-bond donors (Lipinski definition) is 0. The Labute approximate surface area is 164 Å². The average Bonchev–Trinajstić information content (AvgIpc) is 3.15. The van der Waals surface area contributed by atoms with Gasteiger partial charge in [0.05, 0.1) is 5.75 Å². The predicted octanol–water partition coefficient (Wildman–Crippen LogP) is 1.75. The maximum atomic E-state index is 12.5. The second-order valence-corrected chi connectivity index (χ2v) is 7.53. The molecular weight excluding hydrogens is 362 g/mol. The van der Waals surface area contributed by atoms with E-state index in [0.29, 0.717) is 12.4 Å². The molecule has 146 valence electrons. The minimum atomic E-state index is 0.172. The van der Waals surface area contributed by atoms with Crippen molar-refractivity contribution in [3.8, 4) is 0 Å². The number of ether oxygens (including phenoxy) is 1. The van der Waals surface area contributed by atoms with Crippen molar-refractivity contribution in [1.82, 2.24) is 24.6 Å². The van der Waals surface area contributed by atoms with Gasteiger partial charge in [-0.05, 0) is 12.0 Å². The minimum absolute atomic E-state index is 0.172. The Balaban J connectivity index is 1.40. The monoisotopic (exact) mass is 389 g/mol. The lowest BCUT2D eigenvalue weighted by Crippen LogP contribution is -2.48. The first-order chi connectivity index (χ1) is 13.3. The smallest absolute Gasteiger partial charge is 0.233 e. The summed E-state index contributed by atoms with van der Waals surface area (Å²) in [6.07, 6.45) is 2.62. The SMILES string of the molecule is COCCCn1cnnc1SCC(=O)N1CCN(Cc2ccccc2)CC1. The van der Waals surface area contributed by atoms with Crippen LogP contribution in [0.3, 0.4) is 0 Å². The molecule has 0 saturated carbocycles. The molecule has 0 radical (unpaired) electrons. The Bertz CT molecular complexity index is 701. The van der Waals surface area contributed by atoms with E-state index in [0.717, 1.165) is 50.8 Å². The molecule has 0 spiro atoms. The zero-order chi connectivity index (χ0) is 18.9. The maximum Gasteiger partial charge on any atom is 0.233 e. The molecule has 8 heteroatoms. The summed E-state index contributed by atoms with van der Waals surface area (Å²) in [4.78, 5) is 16.9. The lowest BCUT2D eigenvalue weighted by atomic mass is 10.2. The number of piperazine rings is 1. The van der Waals surface area contributed by atoms with Crippen LogP contribution in [0, 0.1) is 0 Å². The molecule has 27 heavy (non-hydrogen) atoms. The highest BCUT2D eigenvalue weighted by atomic mass is 32.2. The summed E-state index contributed by atoms with van der Waals surface area (Å²) in [7, 11) is 1.69. The summed E-state index contributed by atoms with van der Waals surface area (Å²) < 4.78 is 7.06. The largest absolute Gasteiger partial charge is 0.385 e. The van der Waals surface area contributed by atoms with E-state index >= 15 is 0 Å². The van der Waals surface area contributed by atoms with E-state index in [-0.39, 0.29) is 5.91 Å². The molecule has 1 aliphatic heterocycles. The summed E-state index contributed by atoms with van der Waals surface area (Å²) in [6.45, 7) is 5.85. The number of hydrogen-bond acceptors (Lipinski definition) is 6. The maximum absolute atomic E-state index is 12.5. The summed E-state index contributed by atoms with van der Waals surface area (Å²) in [5.74, 6) is 0.576. The van der Waals surface area contributed by atoms with Crippen molar-refractivity contribution in [2.45, 2.75) is 24.7 Å². The molecular formula is C19H27N5O2S. The number of methoxy groups -OCH3 is 1. The normalized spacial score (nSPS) is 15.2. The third-order valence-corrected chi connectivity index (χ3v) is 5.59. The predicted molar refractivity (Wildman–Crippen MR) is 106 cm³/mol. The first kappa shape index (κ1) is 19.9. The van der Waals surface area contributed by atoms with Crippen LogP contribution in [0.15, 0.2) is 41.8 Å². The number of aryl methyl sites for hydroxylation is 1. The second-order valence-electron chi connectivity index (χ2n) is 6.58. The number of rotatable bonds is 9. The van der Waals surface area contributed by atoms with Crippen LogP contribution in [0.25, 0.3) is 0 Å². The second kappa shape index (κ2) is 10.4. The molecule has 2 aromatic rings. The van der Waals surface area contributed by atoms with Gasteiger partial charge in [-0.1, -0.05) is 42.1 Å². The van der Waals surface area contributed by atoms with Crippen molar-refractivity contribution >= 4 is 17.7 Å². The number of aromatic nitrogens is 3. The van der Waals surface area contributed by atoms with Crippen LogP contribution in [0.4, 0.5) is 0 Å². The van der Waals surface area contributed by atoms with Crippen molar-refractivity contribution < 1.29 is 9.53 Å². The number of carbonyl (C=O) groups excluding carboxylic acids is 1. The fourth-order valence-corrected chi connectivity index (χ4v) is 3.95. The Kier molecular flexibility index (Phi) is 7.67. The number of nitrogens with zero attached hydrogens (tertiary/aromatic N) is 5. The number of thioether (sulfide) groups is 1. The number of benzene rings is 1. The molecule has 1 aromatic carbocycles. The average molecular weight is 390 g/mol. The molecule has 0 unspecified atom stereocenters. The Morgan fingerprint density at radius 1 is 1.19 bits per heavy atom. The fourth-order valence-electron chi connectivity index (χ4n) is 3.10. The van der Waals surface area contributed by atoms with Gasteiger partial charge in [0, 0.05) is 53.0 Å². The molecule has 0 N–H and O–H groups in total. The van der Waals surface area contributed by atoms with E-state index in [1.54, 1.807) is 13.4 Å². The van der Waals surface area contributed by atoms with Crippen molar-refractivity contribution in [3.63, 3.8) is 0 Å². The van der Waals surface area contributed by atoms with Gasteiger partial charge in [0.2, 0.25) is 5.91 Å². The molecule has 1 fully saturated rings. The van der Waals surface area contributed by atoms with Gasteiger partial charge >= 0.3 is 0 Å². The van der Waals surface area contributed by atoms with Crippen LogP contribution < -0.4 is 0 Å². The minimum Gasteiger partial charge on any atom is -0.385 e. The van der Waals surface area contributed by atoms with Crippen molar-refractivity contribution in [3.05, 3.63) is 42.2 Å². The van der Waals surface area contributed by atoms with E-state index in [1.807, 2.05) is 15.5 Å². The molecule has 0 atom stereocenters. The Morgan fingerprint density at radius 2 is 1.96 bits per heavy atom. The van der Waals surface area contributed by atoms with Crippen LogP contribution >= 0.6 is 11.8 Å². The van der Waals surface area contributed by atoms with Gasteiger partial charge in [-0.15, -0.1) is 10.2 Å². The molecule has 1 aromatic heterocycles. The summed E-state index contributed by atoms with van der Waals surface area (Å²) in [5.41, 5.74) is 1.32. The van der Waals surface area contributed by atoms with Gasteiger partial charge in [0.15, 0.2) is 5.16 Å². The van der Waals surface area contributed by atoms with Crippen LogP contribution in [0.1, 0.15) is 12.0 Å². The molecule has 0 aliphatic carbocycles. The molecule has 3 rings (SSSR count). The first-order valence-corrected chi connectivity index (χ1v) is 10.3. The van der Waals surface area contributed by atoms with Gasteiger partial charge in [0.25, 0.3) is 0 Å². The third-order valence-electron chi connectivity index (χ3n) is 4.63. The van der Waals surface area contributed by atoms with E-state index in [4.69, 9.17) is 4.74 Å². The van der Waals surface area contributed by atoms with E-state index < -0.39 is 0 Å². The van der Waals surface area contributed by atoms with Crippen LogP contribution in [-0.4, -0.2) is 76.1 Å². The first-order valence-electron chi connectivity index (χ1n) is 9.30. The zero-order valence-electron chi connectivity index (χ0n) is 15.8. The Hall–Kier alpha value is -1.90. The van der Waals surface area contributed by atoms with Crippen LogP contribution in [0.5, 0.6) is 0 Å². The zero-order valence-corrected chi connectivity index (χ0v) is 16.6. The molecule has 1 saturated heterocycles. The van der Waals surface area contributed by atoms with Gasteiger partial charge in [-0.25, -0.2) is 0 Å². The van der Waals surface area contributed by atoms with Crippen LogP contribution in [-0.2, 0) is 22.6 Å². The lowest BCUT2D eigenvalue weighted by Gasteiger charge is -2.34. The summed E-state index contributed by atoms with van der Waals surface area (Å²) in [6, 6.07) is 10.5. The molecule has 1 aliphatic rings. The molecule has 7 nitrogen and oxygen atoms in total. The van der Waals surface area contributed by atoms with Crippen molar-refractivity contribution in [2.75, 3.05) is 45.6 Å². The van der Waals surface area contributed by atoms with Crippen molar-refractivity contribution in [2.24, 2.45) is 0 Å². The topological polar surface area (TPSA) is 63.5 Å². The van der Waals surface area contributed by atoms with Gasteiger partial charge < -0.3 is 14.2 Å². The summed E-state index contributed by atoms with van der Waals surface area (Å²) >= 11 is 1.46. The number of amides is 1. The highest BCUT2D eigenvalue weighted by molar-refractivity contribution is 7.99. The molecule has 1 amide bonds. The summed E-state index contributed by atoms with van der Waals surface area (Å²) in [5, 5.41) is 8.88. The van der Waals surface area contributed by atoms with E-state index in [2.05, 4.69) is 39.4 Å². The van der Waals surface area contributed by atoms with Gasteiger partial charge in [-0.3, -0.25) is 9.69 Å². The van der Waals surface area contributed by atoms with Gasteiger partial charge in [0.1, 0.15) is 6.33 Å². The van der Waals surface area contributed by atoms with Crippen molar-refractivity contribution in [1.29, 1.82) is 0 Å². The van der Waals surface area contributed by atoms with E-state index in [9.17, 15) is 4.79 Å². The standard InChI is InChI=1S/C19H27N5O2S/c1-26-13-5-8-24-16-20-21-19(24)27-15-18(25)23-11-9-22(10-12-23)14-17-6-3-2-4-7-17/h2-4,6-7,16H,5,8-15H2,1H3. The molecule has 0 bridgehead atoms. The fraction of sp³-hybridized carbons (Fsp3) is 0.526. The lowest BCUT2D eigenvalue weighted by molar-refractivity contribution is -0.130. The van der Waals surface area contributed by atoms with E-state index in [1.165, 1.54) is 17.3 Å². The number of carbonyl (C=O) groups is 1. The quantitative estimate of drug-likeness (QED) is 0.481. The highest BCUT2D eigenvalue weighted by Gasteiger charge is 2.21. The third kappa shape index (κ3) is 6.05. The molecule has 2 heterocycles. The highest BCUT2D eigenvalue weighted by Crippen LogP contribution is 2.17.